The molecule has 50 heavy (non-hydrogen) atoms. The van der Waals surface area contributed by atoms with Crippen molar-refractivity contribution in [1.82, 2.24) is 29.1 Å². The molecular weight excluding hydrogens is 613 g/mol. The van der Waals surface area contributed by atoms with Crippen molar-refractivity contribution in [3.63, 3.8) is 0 Å². The van der Waals surface area contributed by atoms with E-state index < -0.39 is 0 Å². The second-order valence-electron chi connectivity index (χ2n) is 12.3. The third kappa shape index (κ3) is 4.36. The molecule has 0 radical (unpaired) electrons. The minimum Gasteiger partial charge on any atom is -0.277 e. The van der Waals surface area contributed by atoms with E-state index in [1.807, 2.05) is 60.9 Å². The summed E-state index contributed by atoms with van der Waals surface area (Å²) in [6, 6.07) is 54.6. The van der Waals surface area contributed by atoms with Crippen LogP contribution in [-0.2, 0) is 0 Å². The predicted octanol–water partition coefficient (Wildman–Crippen LogP) is 10.5. The van der Waals surface area contributed by atoms with Crippen LogP contribution in [0.3, 0.4) is 0 Å². The van der Waals surface area contributed by atoms with Crippen molar-refractivity contribution < 1.29 is 0 Å². The summed E-state index contributed by atoms with van der Waals surface area (Å²) >= 11 is 0. The molecule has 0 N–H and O–H groups in total. The molecule has 0 unspecified atom stereocenters. The molecule has 0 amide bonds. The molecule has 4 heterocycles. The molecule has 10 rings (SSSR count). The van der Waals surface area contributed by atoms with Crippen LogP contribution in [-0.4, -0.2) is 29.1 Å². The molecule has 10 aromatic rings. The molecule has 0 fully saturated rings. The lowest BCUT2D eigenvalue weighted by Gasteiger charge is -2.15. The van der Waals surface area contributed by atoms with Crippen LogP contribution in [0.25, 0.3) is 89.2 Å². The van der Waals surface area contributed by atoms with Crippen LogP contribution in [0, 0.1) is 0 Å². The quantitative estimate of drug-likeness (QED) is 0.188. The van der Waals surface area contributed by atoms with E-state index in [9.17, 15) is 0 Å². The lowest BCUT2D eigenvalue weighted by atomic mass is 9.93. The maximum Gasteiger partial charge on any atom is 0.235 e. The van der Waals surface area contributed by atoms with Crippen molar-refractivity contribution in [2.75, 3.05) is 0 Å². The summed E-state index contributed by atoms with van der Waals surface area (Å²) in [4.78, 5) is 20.2. The number of hydrogen-bond donors (Lipinski definition) is 0. The Morgan fingerprint density at radius 2 is 0.740 bits per heavy atom. The lowest BCUT2D eigenvalue weighted by molar-refractivity contribution is 0.984. The zero-order chi connectivity index (χ0) is 33.0. The zero-order valence-corrected chi connectivity index (χ0v) is 26.8. The third-order valence-electron chi connectivity index (χ3n) is 9.45. The van der Waals surface area contributed by atoms with Gasteiger partial charge in [0.05, 0.1) is 33.5 Å². The summed E-state index contributed by atoms with van der Waals surface area (Å²) in [6.45, 7) is 0. The normalized spacial score (nSPS) is 11.6. The summed E-state index contributed by atoms with van der Waals surface area (Å²) in [5.74, 6) is 1.24. The number of benzene rings is 6. The number of rotatable bonds is 5. The van der Waals surface area contributed by atoms with Gasteiger partial charge in [-0.15, -0.1) is 0 Å². The molecular formula is C44H28N6. The van der Waals surface area contributed by atoms with Gasteiger partial charge in [-0.1, -0.05) is 133 Å². The van der Waals surface area contributed by atoms with Crippen LogP contribution < -0.4 is 0 Å². The topological polar surface area (TPSA) is 61.4 Å². The number of aromatic nitrogens is 6. The van der Waals surface area contributed by atoms with E-state index in [1.165, 1.54) is 0 Å². The lowest BCUT2D eigenvalue weighted by Crippen LogP contribution is -2.04. The van der Waals surface area contributed by atoms with Crippen LogP contribution >= 0.6 is 0 Å². The molecule has 234 valence electrons. The minimum absolute atomic E-state index is 0.618. The summed E-state index contributed by atoms with van der Waals surface area (Å²) < 4.78 is 4.44. The minimum atomic E-state index is 0.618. The van der Waals surface area contributed by atoms with Crippen LogP contribution in [0.15, 0.2) is 170 Å². The van der Waals surface area contributed by atoms with Gasteiger partial charge in [-0.2, -0.15) is 0 Å². The Morgan fingerprint density at radius 3 is 1.20 bits per heavy atom. The Labute approximate surface area is 287 Å². The van der Waals surface area contributed by atoms with Gasteiger partial charge in [0, 0.05) is 45.1 Å². The Balaban J connectivity index is 1.40. The highest BCUT2D eigenvalue weighted by Gasteiger charge is 2.29. The van der Waals surface area contributed by atoms with Crippen LogP contribution in [0.2, 0.25) is 0 Å². The first-order chi connectivity index (χ1) is 24.8. The number of para-hydroxylation sites is 4. The van der Waals surface area contributed by atoms with Crippen LogP contribution in [0.4, 0.5) is 0 Å². The molecule has 6 heteroatoms. The average Bonchev–Trinajstić information content (AvgIpc) is 3.71. The van der Waals surface area contributed by atoms with Crippen LogP contribution in [0.1, 0.15) is 0 Å². The molecule has 0 saturated heterocycles. The highest BCUT2D eigenvalue weighted by molar-refractivity contribution is 6.16. The van der Waals surface area contributed by atoms with Crippen molar-refractivity contribution in [2.24, 2.45) is 0 Å². The van der Waals surface area contributed by atoms with Crippen molar-refractivity contribution in [3.05, 3.63) is 170 Å². The van der Waals surface area contributed by atoms with E-state index in [0.29, 0.717) is 11.9 Å². The van der Waals surface area contributed by atoms with Gasteiger partial charge < -0.3 is 0 Å². The highest BCUT2D eigenvalue weighted by Crippen LogP contribution is 2.50. The number of nitrogens with zero attached hydrogens (tertiary/aromatic N) is 6. The second-order valence-corrected chi connectivity index (χ2v) is 12.3. The van der Waals surface area contributed by atoms with E-state index in [4.69, 9.17) is 19.9 Å². The van der Waals surface area contributed by atoms with Gasteiger partial charge in [0.25, 0.3) is 0 Å². The van der Waals surface area contributed by atoms with E-state index >= 15 is 0 Å². The molecule has 0 aliphatic heterocycles. The van der Waals surface area contributed by atoms with E-state index in [2.05, 4.69) is 118 Å². The van der Waals surface area contributed by atoms with Crippen molar-refractivity contribution >= 4 is 43.6 Å². The molecule has 0 spiro atoms. The monoisotopic (exact) mass is 640 g/mol. The predicted molar refractivity (Wildman–Crippen MR) is 203 cm³/mol. The van der Waals surface area contributed by atoms with Gasteiger partial charge >= 0.3 is 0 Å². The van der Waals surface area contributed by atoms with E-state index in [0.717, 1.165) is 77.3 Å². The maximum atomic E-state index is 5.14. The summed E-state index contributed by atoms with van der Waals surface area (Å²) in [5, 5.41) is 4.20. The van der Waals surface area contributed by atoms with E-state index in [-0.39, 0.29) is 0 Å². The summed E-state index contributed by atoms with van der Waals surface area (Å²) in [5.41, 5.74) is 10.2. The standard InChI is InChI=1S/C44H28N6/c1-3-15-29(16-4-1)41-39(33-21-9-13-25-37(33)49(41)43-45-27-31-19-7-11-23-35(31)47-43)40-34-22-10-14-26-38(34)50(42(40)30-17-5-2-6-18-30)44-46-28-32-20-8-12-24-36(32)48-44/h1-28H. The first kappa shape index (κ1) is 28.1. The fraction of sp³-hybridized carbons (Fsp3) is 0. The maximum absolute atomic E-state index is 5.14. The molecule has 6 nitrogen and oxygen atoms in total. The van der Waals surface area contributed by atoms with Gasteiger partial charge in [0.2, 0.25) is 11.9 Å². The Morgan fingerprint density at radius 1 is 0.360 bits per heavy atom. The molecule has 0 bridgehead atoms. The fourth-order valence-corrected chi connectivity index (χ4v) is 7.28. The third-order valence-corrected chi connectivity index (χ3v) is 9.45. The SMILES string of the molecule is c1ccc(-c2c(-c3c(-c4ccccc4)n(-c4ncc5ccccc5n4)c4ccccc34)c3ccccc3n2-c2ncc3ccccc3n2)cc1. The van der Waals surface area contributed by atoms with Crippen LogP contribution in [0.5, 0.6) is 0 Å². The Hall–Kier alpha value is -6.92. The van der Waals surface area contributed by atoms with Gasteiger partial charge in [-0.3, -0.25) is 9.13 Å². The van der Waals surface area contributed by atoms with Gasteiger partial charge in [0.15, 0.2) is 0 Å². The second kappa shape index (κ2) is 11.4. The fourth-order valence-electron chi connectivity index (χ4n) is 7.28. The molecule has 0 aliphatic rings. The average molecular weight is 641 g/mol. The van der Waals surface area contributed by atoms with Crippen molar-refractivity contribution in [1.29, 1.82) is 0 Å². The Kier molecular flexibility index (Phi) is 6.39. The van der Waals surface area contributed by atoms with E-state index in [1.54, 1.807) is 0 Å². The number of hydrogen-bond acceptors (Lipinski definition) is 4. The molecule has 0 atom stereocenters. The first-order valence-corrected chi connectivity index (χ1v) is 16.7. The smallest absolute Gasteiger partial charge is 0.235 e. The Bertz CT molecular complexity index is 2670. The summed E-state index contributed by atoms with van der Waals surface area (Å²) in [7, 11) is 0. The van der Waals surface area contributed by atoms with Gasteiger partial charge in [-0.05, 0) is 35.4 Å². The molecule has 0 aliphatic carbocycles. The largest absolute Gasteiger partial charge is 0.277 e. The van der Waals surface area contributed by atoms with Crippen molar-refractivity contribution in [3.8, 4) is 45.5 Å². The molecule has 0 saturated carbocycles. The molecule has 6 aromatic carbocycles. The number of fused-ring (bicyclic) bond motifs is 4. The van der Waals surface area contributed by atoms with Crippen molar-refractivity contribution in [2.45, 2.75) is 0 Å². The van der Waals surface area contributed by atoms with Gasteiger partial charge in [-0.25, -0.2) is 19.9 Å². The first-order valence-electron chi connectivity index (χ1n) is 16.7. The zero-order valence-electron chi connectivity index (χ0n) is 26.8. The summed E-state index contributed by atoms with van der Waals surface area (Å²) in [6.07, 6.45) is 3.83. The highest BCUT2D eigenvalue weighted by atomic mass is 15.2. The van der Waals surface area contributed by atoms with Gasteiger partial charge in [0.1, 0.15) is 0 Å². The molecule has 4 aromatic heterocycles.